The highest BCUT2D eigenvalue weighted by atomic mass is 19.4. The third kappa shape index (κ3) is 5.35. The minimum absolute atomic E-state index is 0.0526. The molecule has 1 aliphatic heterocycles. The number of rotatable bonds is 5. The van der Waals surface area contributed by atoms with Crippen molar-refractivity contribution >= 4 is 17.5 Å². The molecule has 2 amide bonds. The molecule has 0 radical (unpaired) electrons. The van der Waals surface area contributed by atoms with E-state index in [1.165, 1.54) is 13.1 Å². The Morgan fingerprint density at radius 3 is 2.40 bits per heavy atom. The van der Waals surface area contributed by atoms with Crippen LogP contribution in [0.15, 0.2) is 24.3 Å². The molecule has 1 heterocycles. The van der Waals surface area contributed by atoms with Crippen LogP contribution in [0.25, 0.3) is 0 Å². The van der Waals surface area contributed by atoms with Gasteiger partial charge in [0.2, 0.25) is 11.8 Å². The maximum Gasteiger partial charge on any atom is 0.416 e. The number of carbonyl (C=O) groups is 2. The number of nitrogens with one attached hydrogen (secondary N) is 2. The number of piperazine rings is 1. The van der Waals surface area contributed by atoms with Gasteiger partial charge < -0.3 is 15.1 Å². The minimum Gasteiger partial charge on any atom is -0.368 e. The number of hydrogen-bond acceptors (Lipinski definition) is 4. The van der Waals surface area contributed by atoms with Crippen LogP contribution >= 0.6 is 0 Å². The van der Waals surface area contributed by atoms with Gasteiger partial charge in [0.25, 0.3) is 0 Å². The Bertz CT molecular complexity index is 614. The number of halogens is 3. The first-order chi connectivity index (χ1) is 11.8. The predicted molar refractivity (Wildman–Crippen MR) is 87.2 cm³/mol. The van der Waals surface area contributed by atoms with E-state index in [4.69, 9.17) is 0 Å². The van der Waals surface area contributed by atoms with E-state index in [1.54, 1.807) is 11.0 Å². The van der Waals surface area contributed by atoms with Crippen LogP contribution in [-0.2, 0) is 15.8 Å². The first kappa shape index (κ1) is 19.0. The van der Waals surface area contributed by atoms with Crippen molar-refractivity contribution in [3.8, 4) is 0 Å². The molecule has 2 N–H and O–H groups in total. The zero-order chi connectivity index (χ0) is 18.4. The summed E-state index contributed by atoms with van der Waals surface area (Å²) in [6, 6.07) is 5.19. The Balaban J connectivity index is 1.85. The molecule has 0 spiro atoms. The minimum atomic E-state index is -4.37. The van der Waals surface area contributed by atoms with E-state index < -0.39 is 11.7 Å². The number of benzene rings is 1. The Hall–Kier alpha value is -2.29. The molecule has 0 aromatic heterocycles. The van der Waals surface area contributed by atoms with Crippen molar-refractivity contribution in [1.29, 1.82) is 0 Å². The molecule has 2 rings (SSSR count). The van der Waals surface area contributed by atoms with E-state index in [1.807, 2.05) is 4.90 Å². The standard InChI is InChI=1S/C16H21F3N4O2/c1-20-14(24)10-21-11-15(25)23-7-5-22(6-8-23)13-4-2-3-12(9-13)16(17,18)19/h2-4,9,21H,5-8,10-11H2,1H3,(H,20,24). The molecule has 138 valence electrons. The van der Waals surface area contributed by atoms with Crippen LogP contribution in [0.3, 0.4) is 0 Å². The Labute approximate surface area is 144 Å². The highest BCUT2D eigenvalue weighted by Crippen LogP contribution is 2.31. The van der Waals surface area contributed by atoms with E-state index in [9.17, 15) is 22.8 Å². The largest absolute Gasteiger partial charge is 0.416 e. The monoisotopic (exact) mass is 358 g/mol. The van der Waals surface area contributed by atoms with Crippen LogP contribution < -0.4 is 15.5 Å². The van der Waals surface area contributed by atoms with Gasteiger partial charge in [-0.25, -0.2) is 0 Å². The third-order valence-electron chi connectivity index (χ3n) is 4.01. The maximum atomic E-state index is 12.8. The van der Waals surface area contributed by atoms with Crippen LogP contribution in [0.2, 0.25) is 0 Å². The molecule has 1 aromatic rings. The Morgan fingerprint density at radius 2 is 1.80 bits per heavy atom. The molecular weight excluding hydrogens is 337 g/mol. The lowest BCUT2D eigenvalue weighted by molar-refractivity contribution is -0.137. The lowest BCUT2D eigenvalue weighted by Gasteiger charge is -2.36. The lowest BCUT2D eigenvalue weighted by Crippen LogP contribution is -2.51. The van der Waals surface area contributed by atoms with Crippen LogP contribution in [0.1, 0.15) is 5.56 Å². The van der Waals surface area contributed by atoms with Crippen molar-refractivity contribution in [3.63, 3.8) is 0 Å². The molecule has 0 atom stereocenters. The second-order valence-corrected chi connectivity index (χ2v) is 5.69. The van der Waals surface area contributed by atoms with Crippen molar-refractivity contribution < 1.29 is 22.8 Å². The topological polar surface area (TPSA) is 64.7 Å². The van der Waals surface area contributed by atoms with Crippen molar-refractivity contribution in [1.82, 2.24) is 15.5 Å². The van der Waals surface area contributed by atoms with Gasteiger partial charge in [0.05, 0.1) is 18.7 Å². The fourth-order valence-corrected chi connectivity index (χ4v) is 2.58. The Morgan fingerprint density at radius 1 is 1.12 bits per heavy atom. The van der Waals surface area contributed by atoms with Gasteiger partial charge in [0.1, 0.15) is 0 Å². The number of amides is 2. The van der Waals surface area contributed by atoms with Crippen LogP contribution in [0.4, 0.5) is 18.9 Å². The summed E-state index contributed by atoms with van der Waals surface area (Å²) in [5.41, 5.74) is -0.179. The summed E-state index contributed by atoms with van der Waals surface area (Å²) in [7, 11) is 1.51. The molecule has 1 fully saturated rings. The molecule has 9 heteroatoms. The predicted octanol–water partition coefficient (Wildman–Crippen LogP) is 0.690. The zero-order valence-electron chi connectivity index (χ0n) is 13.9. The lowest BCUT2D eigenvalue weighted by atomic mass is 10.1. The summed E-state index contributed by atoms with van der Waals surface area (Å²) in [6.07, 6.45) is -4.37. The number of hydrogen-bond donors (Lipinski definition) is 2. The van der Waals surface area contributed by atoms with E-state index in [0.29, 0.717) is 31.9 Å². The van der Waals surface area contributed by atoms with Gasteiger partial charge in [-0.05, 0) is 18.2 Å². The molecule has 1 aliphatic rings. The molecule has 0 saturated carbocycles. The quantitative estimate of drug-likeness (QED) is 0.813. The van der Waals surface area contributed by atoms with Gasteiger partial charge in [-0.1, -0.05) is 6.07 Å². The van der Waals surface area contributed by atoms with Crippen LogP contribution in [0, 0.1) is 0 Å². The summed E-state index contributed by atoms with van der Waals surface area (Å²) in [6.45, 7) is 1.89. The fraction of sp³-hybridized carbons (Fsp3) is 0.500. The molecular formula is C16H21F3N4O2. The van der Waals surface area contributed by atoms with E-state index in [-0.39, 0.29) is 24.9 Å². The van der Waals surface area contributed by atoms with Gasteiger partial charge in [0.15, 0.2) is 0 Å². The Kier molecular flexibility index (Phi) is 6.24. The third-order valence-corrected chi connectivity index (χ3v) is 4.01. The fourth-order valence-electron chi connectivity index (χ4n) is 2.58. The normalized spacial score (nSPS) is 15.2. The summed E-state index contributed by atoms with van der Waals surface area (Å²) in [4.78, 5) is 26.6. The van der Waals surface area contributed by atoms with Gasteiger partial charge in [0, 0.05) is 38.9 Å². The maximum absolute atomic E-state index is 12.8. The van der Waals surface area contributed by atoms with Gasteiger partial charge in [-0.15, -0.1) is 0 Å². The van der Waals surface area contributed by atoms with E-state index in [0.717, 1.165) is 12.1 Å². The first-order valence-electron chi connectivity index (χ1n) is 7.92. The van der Waals surface area contributed by atoms with Crippen LogP contribution in [-0.4, -0.2) is 63.0 Å². The van der Waals surface area contributed by atoms with Crippen molar-refractivity contribution in [2.24, 2.45) is 0 Å². The average Bonchev–Trinajstić information content (AvgIpc) is 2.61. The van der Waals surface area contributed by atoms with Crippen molar-refractivity contribution in [3.05, 3.63) is 29.8 Å². The van der Waals surface area contributed by atoms with E-state index >= 15 is 0 Å². The molecule has 0 bridgehead atoms. The van der Waals surface area contributed by atoms with Gasteiger partial charge in [-0.2, -0.15) is 13.2 Å². The molecule has 6 nitrogen and oxygen atoms in total. The summed E-state index contributed by atoms with van der Waals surface area (Å²) in [5.74, 6) is -0.338. The number of likely N-dealkylation sites (N-methyl/N-ethyl adjacent to an activating group) is 1. The van der Waals surface area contributed by atoms with E-state index in [2.05, 4.69) is 10.6 Å². The smallest absolute Gasteiger partial charge is 0.368 e. The number of carbonyl (C=O) groups excluding carboxylic acids is 2. The number of nitrogens with zero attached hydrogens (tertiary/aromatic N) is 2. The van der Waals surface area contributed by atoms with Crippen LogP contribution in [0.5, 0.6) is 0 Å². The SMILES string of the molecule is CNC(=O)CNCC(=O)N1CCN(c2cccc(C(F)(F)F)c2)CC1. The van der Waals surface area contributed by atoms with Crippen molar-refractivity contribution in [2.45, 2.75) is 6.18 Å². The molecule has 0 aliphatic carbocycles. The molecule has 1 saturated heterocycles. The number of anilines is 1. The summed E-state index contributed by atoms with van der Waals surface area (Å²) >= 11 is 0. The average molecular weight is 358 g/mol. The first-order valence-corrected chi connectivity index (χ1v) is 7.92. The molecule has 0 unspecified atom stereocenters. The summed E-state index contributed by atoms with van der Waals surface area (Å²) < 4.78 is 38.4. The summed E-state index contributed by atoms with van der Waals surface area (Å²) in [5, 5.41) is 5.20. The van der Waals surface area contributed by atoms with Gasteiger partial charge >= 0.3 is 6.18 Å². The number of alkyl halides is 3. The zero-order valence-corrected chi connectivity index (χ0v) is 13.9. The molecule has 25 heavy (non-hydrogen) atoms. The van der Waals surface area contributed by atoms with Crippen molar-refractivity contribution in [2.75, 3.05) is 51.2 Å². The molecule has 1 aromatic carbocycles. The van der Waals surface area contributed by atoms with Gasteiger partial charge in [-0.3, -0.25) is 14.9 Å². The second-order valence-electron chi connectivity index (χ2n) is 5.69. The second kappa shape index (κ2) is 8.19. The highest BCUT2D eigenvalue weighted by molar-refractivity contribution is 5.81. The highest BCUT2D eigenvalue weighted by Gasteiger charge is 2.31.